The van der Waals surface area contributed by atoms with Crippen molar-refractivity contribution in [2.24, 2.45) is 5.92 Å². The van der Waals surface area contributed by atoms with Gasteiger partial charge in [0.25, 0.3) is 5.91 Å². The zero-order chi connectivity index (χ0) is 24.8. The molecule has 8 nitrogen and oxygen atoms in total. The fraction of sp³-hybridized carbons (Fsp3) is 0.444. The quantitative estimate of drug-likeness (QED) is 0.628. The third-order valence-corrected chi connectivity index (χ3v) is 6.89. The van der Waals surface area contributed by atoms with Gasteiger partial charge in [0.1, 0.15) is 5.75 Å². The van der Waals surface area contributed by atoms with Crippen LogP contribution in [0.15, 0.2) is 48.5 Å². The molecule has 0 saturated carbocycles. The number of ether oxygens (including phenoxy) is 1. The Bertz CT molecular complexity index is 1050. The number of carbonyl (C=O) groups is 3. The molecule has 186 valence electrons. The Morgan fingerprint density at radius 2 is 1.83 bits per heavy atom. The van der Waals surface area contributed by atoms with Crippen LogP contribution in [0.1, 0.15) is 41.6 Å². The second-order valence-corrected chi connectivity index (χ2v) is 9.39. The van der Waals surface area contributed by atoms with Gasteiger partial charge in [0.15, 0.2) is 0 Å². The number of rotatable bonds is 8. The van der Waals surface area contributed by atoms with Crippen molar-refractivity contribution in [1.29, 1.82) is 0 Å². The fourth-order valence-electron chi connectivity index (χ4n) is 4.81. The van der Waals surface area contributed by atoms with E-state index in [1.54, 1.807) is 18.2 Å². The van der Waals surface area contributed by atoms with E-state index in [9.17, 15) is 14.4 Å². The summed E-state index contributed by atoms with van der Waals surface area (Å²) in [6, 6.07) is 15.1. The van der Waals surface area contributed by atoms with E-state index < -0.39 is 6.03 Å². The molecule has 2 saturated heterocycles. The topological polar surface area (TPSA) is 82.2 Å². The molecule has 2 aromatic carbocycles. The number of amides is 4. The first-order valence-electron chi connectivity index (χ1n) is 12.3. The number of hydrogen-bond donors (Lipinski definition) is 1. The summed E-state index contributed by atoms with van der Waals surface area (Å²) in [5.41, 5.74) is 2.34. The first-order chi connectivity index (χ1) is 16.9. The minimum Gasteiger partial charge on any atom is -0.495 e. The Labute approximate surface area is 206 Å². The molecule has 0 bridgehead atoms. The van der Waals surface area contributed by atoms with Crippen LogP contribution >= 0.6 is 0 Å². The van der Waals surface area contributed by atoms with E-state index in [4.69, 9.17) is 4.74 Å². The van der Waals surface area contributed by atoms with Crippen LogP contribution in [0.3, 0.4) is 0 Å². The molecular formula is C27H34N4O4. The number of nitrogens with zero attached hydrogens (tertiary/aromatic N) is 3. The van der Waals surface area contributed by atoms with Gasteiger partial charge in [0.2, 0.25) is 5.91 Å². The molecule has 4 rings (SSSR count). The van der Waals surface area contributed by atoms with Crippen molar-refractivity contribution in [2.75, 3.05) is 45.2 Å². The molecule has 0 atom stereocenters. The Hall–Kier alpha value is -3.39. The van der Waals surface area contributed by atoms with Gasteiger partial charge in [0.05, 0.1) is 12.8 Å². The molecule has 2 aliphatic rings. The lowest BCUT2D eigenvalue weighted by molar-refractivity contribution is -0.120. The van der Waals surface area contributed by atoms with Crippen molar-refractivity contribution in [2.45, 2.75) is 32.2 Å². The van der Waals surface area contributed by atoms with Gasteiger partial charge in [0, 0.05) is 38.2 Å². The number of imide groups is 1. The molecule has 2 aromatic rings. The van der Waals surface area contributed by atoms with Crippen molar-refractivity contribution >= 4 is 23.5 Å². The summed E-state index contributed by atoms with van der Waals surface area (Å²) in [6.07, 6.45) is 3.32. The molecule has 0 unspecified atom stereocenters. The average Bonchev–Trinajstić information content (AvgIpc) is 2.88. The Kier molecular flexibility index (Phi) is 8.02. The second-order valence-electron chi connectivity index (χ2n) is 9.39. The molecule has 8 heteroatoms. The van der Waals surface area contributed by atoms with Gasteiger partial charge in [-0.15, -0.1) is 0 Å². The van der Waals surface area contributed by atoms with Crippen molar-refractivity contribution < 1.29 is 19.1 Å². The number of methoxy groups -OCH3 is 1. The van der Waals surface area contributed by atoms with Crippen molar-refractivity contribution in [3.8, 4) is 5.75 Å². The lowest BCUT2D eigenvalue weighted by atomic mass is 9.93. The molecule has 1 N–H and O–H groups in total. The maximum absolute atomic E-state index is 13.2. The van der Waals surface area contributed by atoms with E-state index in [2.05, 4.69) is 41.5 Å². The van der Waals surface area contributed by atoms with Crippen molar-refractivity contribution in [3.05, 3.63) is 59.7 Å². The van der Waals surface area contributed by atoms with E-state index in [0.717, 1.165) is 45.4 Å². The molecule has 0 radical (unpaired) electrons. The number of urea groups is 1. The third-order valence-electron chi connectivity index (χ3n) is 6.89. The lowest BCUT2D eigenvalue weighted by Gasteiger charge is -2.33. The van der Waals surface area contributed by atoms with E-state index in [-0.39, 0.29) is 24.8 Å². The SMILES string of the molecule is COc1ccc(C(=O)N2CCC(CCN(C)Cc3ccccc3)CC2)cc1N1CCC(=O)NC1=O. The predicted molar refractivity (Wildman–Crippen MR) is 135 cm³/mol. The van der Waals surface area contributed by atoms with Gasteiger partial charge in [-0.05, 0) is 62.5 Å². The highest BCUT2D eigenvalue weighted by Crippen LogP contribution is 2.32. The largest absolute Gasteiger partial charge is 0.495 e. The van der Waals surface area contributed by atoms with E-state index >= 15 is 0 Å². The van der Waals surface area contributed by atoms with Crippen molar-refractivity contribution in [1.82, 2.24) is 15.1 Å². The summed E-state index contributed by atoms with van der Waals surface area (Å²) in [4.78, 5) is 42.8. The maximum atomic E-state index is 13.2. The maximum Gasteiger partial charge on any atom is 0.328 e. The van der Waals surface area contributed by atoms with Gasteiger partial charge in [-0.3, -0.25) is 19.8 Å². The van der Waals surface area contributed by atoms with Gasteiger partial charge in [-0.2, -0.15) is 0 Å². The first kappa shape index (κ1) is 24.7. The summed E-state index contributed by atoms with van der Waals surface area (Å²) in [5.74, 6) is 0.760. The summed E-state index contributed by atoms with van der Waals surface area (Å²) < 4.78 is 5.42. The minimum absolute atomic E-state index is 0.0398. The Balaban J connectivity index is 1.32. The van der Waals surface area contributed by atoms with Crippen LogP contribution < -0.4 is 15.0 Å². The number of piperidine rings is 1. The second kappa shape index (κ2) is 11.4. The Morgan fingerprint density at radius 3 is 2.51 bits per heavy atom. The van der Waals surface area contributed by atoms with Crippen LogP contribution in [0.25, 0.3) is 0 Å². The van der Waals surface area contributed by atoms with E-state index in [0.29, 0.717) is 22.9 Å². The molecular weight excluding hydrogens is 444 g/mol. The van der Waals surface area contributed by atoms with Crippen LogP contribution in [-0.2, 0) is 11.3 Å². The Morgan fingerprint density at radius 1 is 1.09 bits per heavy atom. The molecule has 35 heavy (non-hydrogen) atoms. The molecule has 2 fully saturated rings. The zero-order valence-corrected chi connectivity index (χ0v) is 20.5. The van der Waals surface area contributed by atoms with Crippen LogP contribution in [-0.4, -0.2) is 68.0 Å². The number of likely N-dealkylation sites (tertiary alicyclic amines) is 1. The zero-order valence-electron chi connectivity index (χ0n) is 20.5. The highest BCUT2D eigenvalue weighted by atomic mass is 16.5. The van der Waals surface area contributed by atoms with Gasteiger partial charge < -0.3 is 14.5 Å². The van der Waals surface area contributed by atoms with Gasteiger partial charge in [-0.1, -0.05) is 30.3 Å². The van der Waals surface area contributed by atoms with E-state index in [1.165, 1.54) is 17.6 Å². The number of anilines is 1. The minimum atomic E-state index is -0.498. The molecule has 0 aliphatic carbocycles. The van der Waals surface area contributed by atoms with Crippen LogP contribution in [0.4, 0.5) is 10.5 Å². The summed E-state index contributed by atoms with van der Waals surface area (Å²) in [6.45, 7) is 3.69. The first-order valence-corrected chi connectivity index (χ1v) is 12.3. The molecule has 4 amide bonds. The number of benzene rings is 2. The smallest absolute Gasteiger partial charge is 0.328 e. The highest BCUT2D eigenvalue weighted by Gasteiger charge is 2.29. The average molecular weight is 479 g/mol. The van der Waals surface area contributed by atoms with E-state index in [1.807, 2.05) is 11.0 Å². The molecule has 0 aromatic heterocycles. The van der Waals surface area contributed by atoms with Crippen LogP contribution in [0, 0.1) is 5.92 Å². The fourth-order valence-corrected chi connectivity index (χ4v) is 4.81. The lowest BCUT2D eigenvalue weighted by Crippen LogP contribution is -2.49. The number of nitrogens with one attached hydrogen (secondary N) is 1. The molecule has 2 aliphatic heterocycles. The number of hydrogen-bond acceptors (Lipinski definition) is 5. The molecule has 2 heterocycles. The summed E-state index contributed by atoms with van der Waals surface area (Å²) in [5, 5.41) is 2.32. The monoisotopic (exact) mass is 478 g/mol. The van der Waals surface area contributed by atoms with Gasteiger partial charge >= 0.3 is 6.03 Å². The van der Waals surface area contributed by atoms with Crippen LogP contribution in [0.2, 0.25) is 0 Å². The van der Waals surface area contributed by atoms with Crippen molar-refractivity contribution in [3.63, 3.8) is 0 Å². The van der Waals surface area contributed by atoms with Gasteiger partial charge in [-0.25, -0.2) is 4.79 Å². The number of carbonyl (C=O) groups excluding carboxylic acids is 3. The normalized spacial score (nSPS) is 17.0. The highest BCUT2D eigenvalue weighted by molar-refractivity contribution is 6.07. The summed E-state index contributed by atoms with van der Waals surface area (Å²) >= 11 is 0. The summed E-state index contributed by atoms with van der Waals surface area (Å²) in [7, 11) is 3.68. The third kappa shape index (κ3) is 6.19. The van der Waals surface area contributed by atoms with Crippen LogP contribution in [0.5, 0.6) is 5.75 Å². The predicted octanol–water partition coefficient (Wildman–Crippen LogP) is 3.52. The molecule has 0 spiro atoms. The standard InChI is InChI=1S/C27H34N4O4/c1-29(19-21-6-4-3-5-7-21)14-10-20-11-15-30(16-12-20)26(33)22-8-9-24(35-2)23(18-22)31-17-13-25(32)28-27(31)34/h3-9,18,20H,10-17,19H2,1-2H3,(H,28,32,34).